The summed E-state index contributed by atoms with van der Waals surface area (Å²) in [6.45, 7) is 5.89. The predicted molar refractivity (Wildman–Crippen MR) is 94.5 cm³/mol. The SMILES string of the molecule is C/C=C(N=C(C)Nc1ccccc1)/C(Cl)=C(\C=NC)CC. The lowest BCUT2D eigenvalue weighted by Gasteiger charge is -2.08. The van der Waals surface area contributed by atoms with E-state index in [1.54, 1.807) is 13.3 Å². The molecule has 0 radical (unpaired) electrons. The second-order valence-electron chi connectivity index (χ2n) is 4.44. The summed E-state index contributed by atoms with van der Waals surface area (Å²) in [6.07, 6.45) is 4.49. The van der Waals surface area contributed by atoms with Gasteiger partial charge in [-0.3, -0.25) is 4.99 Å². The number of hydrogen-bond donors (Lipinski definition) is 1. The molecule has 0 amide bonds. The summed E-state index contributed by atoms with van der Waals surface area (Å²) in [6, 6.07) is 9.92. The Labute approximate surface area is 132 Å². The minimum Gasteiger partial charge on any atom is -0.344 e. The number of anilines is 1. The highest BCUT2D eigenvalue weighted by molar-refractivity contribution is 6.33. The zero-order valence-corrected chi connectivity index (χ0v) is 13.8. The molecule has 0 aliphatic heterocycles. The molecule has 1 N–H and O–H groups in total. The molecule has 0 fully saturated rings. The number of para-hydroxylation sites is 1. The molecule has 0 bridgehead atoms. The normalized spacial score (nSPS) is 14.3. The Morgan fingerprint density at radius 1 is 1.29 bits per heavy atom. The van der Waals surface area contributed by atoms with Crippen molar-refractivity contribution >= 4 is 29.3 Å². The Morgan fingerprint density at radius 2 is 1.95 bits per heavy atom. The van der Waals surface area contributed by atoms with Crippen molar-refractivity contribution in [3.63, 3.8) is 0 Å². The van der Waals surface area contributed by atoms with Crippen LogP contribution in [0.5, 0.6) is 0 Å². The van der Waals surface area contributed by atoms with Gasteiger partial charge in [0.25, 0.3) is 0 Å². The lowest BCUT2D eigenvalue weighted by atomic mass is 10.2. The first-order valence-electron chi connectivity index (χ1n) is 6.97. The van der Waals surface area contributed by atoms with E-state index in [0.29, 0.717) is 5.03 Å². The minimum atomic E-state index is 0.639. The predicted octanol–water partition coefficient (Wildman–Crippen LogP) is 5.02. The van der Waals surface area contributed by atoms with Gasteiger partial charge in [0.05, 0.1) is 10.7 Å². The maximum Gasteiger partial charge on any atom is 0.103 e. The van der Waals surface area contributed by atoms with E-state index in [0.717, 1.165) is 29.2 Å². The highest BCUT2D eigenvalue weighted by Crippen LogP contribution is 2.22. The lowest BCUT2D eigenvalue weighted by Crippen LogP contribution is -2.07. The van der Waals surface area contributed by atoms with Gasteiger partial charge in [0.1, 0.15) is 5.84 Å². The Balaban J connectivity index is 2.98. The minimum absolute atomic E-state index is 0.639. The second kappa shape index (κ2) is 9.14. The lowest BCUT2D eigenvalue weighted by molar-refractivity contribution is 1.15. The molecule has 112 valence electrons. The fraction of sp³-hybridized carbons (Fsp3) is 0.294. The van der Waals surface area contributed by atoms with Crippen LogP contribution in [0.1, 0.15) is 27.2 Å². The van der Waals surface area contributed by atoms with E-state index in [4.69, 9.17) is 11.6 Å². The number of amidine groups is 1. The van der Waals surface area contributed by atoms with Crippen LogP contribution in [0.3, 0.4) is 0 Å². The molecular formula is C17H22ClN3. The first-order chi connectivity index (χ1) is 10.1. The molecule has 1 aromatic rings. The van der Waals surface area contributed by atoms with Crippen LogP contribution in [0.25, 0.3) is 0 Å². The molecule has 1 rings (SSSR count). The molecule has 0 spiro atoms. The maximum absolute atomic E-state index is 6.42. The van der Waals surface area contributed by atoms with Crippen molar-refractivity contribution in [2.75, 3.05) is 12.4 Å². The number of halogens is 1. The topological polar surface area (TPSA) is 36.8 Å². The van der Waals surface area contributed by atoms with Crippen molar-refractivity contribution in [3.8, 4) is 0 Å². The third kappa shape index (κ3) is 5.56. The smallest absolute Gasteiger partial charge is 0.103 e. The quantitative estimate of drug-likeness (QED) is 0.462. The van der Waals surface area contributed by atoms with E-state index in [9.17, 15) is 0 Å². The fourth-order valence-electron chi connectivity index (χ4n) is 1.80. The van der Waals surface area contributed by atoms with Crippen LogP contribution in [0, 0.1) is 0 Å². The molecule has 0 atom stereocenters. The van der Waals surface area contributed by atoms with Crippen LogP contribution < -0.4 is 5.32 Å². The first-order valence-corrected chi connectivity index (χ1v) is 7.35. The first kappa shape index (κ1) is 17.2. The van der Waals surface area contributed by atoms with E-state index in [1.807, 2.05) is 57.2 Å². The van der Waals surface area contributed by atoms with Crippen molar-refractivity contribution < 1.29 is 0 Å². The van der Waals surface area contributed by atoms with E-state index in [-0.39, 0.29) is 0 Å². The number of hydrogen-bond acceptors (Lipinski definition) is 2. The summed E-state index contributed by atoms with van der Waals surface area (Å²) in [4.78, 5) is 8.59. The van der Waals surface area contributed by atoms with Crippen molar-refractivity contribution in [2.24, 2.45) is 9.98 Å². The average Bonchev–Trinajstić information content (AvgIpc) is 2.50. The molecule has 1 aromatic carbocycles. The van der Waals surface area contributed by atoms with Gasteiger partial charge in [0.15, 0.2) is 0 Å². The van der Waals surface area contributed by atoms with Gasteiger partial charge in [0, 0.05) is 18.9 Å². The van der Waals surface area contributed by atoms with Gasteiger partial charge < -0.3 is 5.32 Å². The highest BCUT2D eigenvalue weighted by atomic mass is 35.5. The van der Waals surface area contributed by atoms with E-state index in [2.05, 4.69) is 15.3 Å². The van der Waals surface area contributed by atoms with Crippen LogP contribution in [0.15, 0.2) is 62.7 Å². The number of nitrogens with zero attached hydrogens (tertiary/aromatic N) is 2. The summed E-state index contributed by atoms with van der Waals surface area (Å²) < 4.78 is 0. The van der Waals surface area contributed by atoms with Gasteiger partial charge in [-0.2, -0.15) is 0 Å². The van der Waals surface area contributed by atoms with Gasteiger partial charge >= 0.3 is 0 Å². The monoisotopic (exact) mass is 303 g/mol. The Morgan fingerprint density at radius 3 is 2.48 bits per heavy atom. The standard InChI is InChI=1S/C17H22ClN3/c1-5-14(12-19-4)17(18)16(6-2)21-13(3)20-15-10-8-7-9-11-15/h6-12H,5H2,1-4H3,(H,20,21)/b16-6-,17-14+,19-12?. The third-order valence-corrected chi connectivity index (χ3v) is 3.27. The summed E-state index contributed by atoms with van der Waals surface area (Å²) in [5.74, 6) is 0.788. The van der Waals surface area contributed by atoms with Crippen molar-refractivity contribution in [1.82, 2.24) is 0 Å². The van der Waals surface area contributed by atoms with Crippen LogP contribution >= 0.6 is 11.6 Å². The van der Waals surface area contributed by atoms with Crippen LogP contribution in [-0.4, -0.2) is 19.1 Å². The summed E-state index contributed by atoms with van der Waals surface area (Å²) in [7, 11) is 1.74. The molecule has 3 nitrogen and oxygen atoms in total. The zero-order chi connectivity index (χ0) is 15.7. The van der Waals surface area contributed by atoms with Crippen LogP contribution in [0.4, 0.5) is 5.69 Å². The van der Waals surface area contributed by atoms with Gasteiger partial charge in [0.2, 0.25) is 0 Å². The summed E-state index contributed by atoms with van der Waals surface area (Å²) >= 11 is 6.42. The zero-order valence-electron chi connectivity index (χ0n) is 13.0. The molecule has 0 unspecified atom stereocenters. The molecule has 4 heteroatoms. The van der Waals surface area contributed by atoms with Gasteiger partial charge in [-0.1, -0.05) is 42.8 Å². The van der Waals surface area contributed by atoms with Crippen LogP contribution in [-0.2, 0) is 0 Å². The molecular weight excluding hydrogens is 282 g/mol. The summed E-state index contributed by atoms with van der Waals surface area (Å²) in [5.41, 5.74) is 2.72. The number of rotatable bonds is 5. The van der Waals surface area contributed by atoms with Crippen LogP contribution in [0.2, 0.25) is 0 Å². The van der Waals surface area contributed by atoms with Gasteiger partial charge in [-0.25, -0.2) is 4.99 Å². The van der Waals surface area contributed by atoms with Gasteiger partial charge in [-0.05, 0) is 38.0 Å². The molecule has 0 aliphatic carbocycles. The van der Waals surface area contributed by atoms with E-state index < -0.39 is 0 Å². The molecule has 0 aliphatic rings. The van der Waals surface area contributed by atoms with Crippen molar-refractivity contribution in [1.29, 1.82) is 0 Å². The fourth-order valence-corrected chi connectivity index (χ4v) is 2.14. The van der Waals surface area contributed by atoms with Crippen molar-refractivity contribution in [2.45, 2.75) is 27.2 Å². The third-order valence-electron chi connectivity index (χ3n) is 2.83. The maximum atomic E-state index is 6.42. The number of aliphatic imine (C=N–C) groups is 2. The Bertz CT molecular complexity index is 569. The van der Waals surface area contributed by atoms with E-state index in [1.165, 1.54) is 0 Å². The molecule has 0 saturated heterocycles. The molecule has 0 saturated carbocycles. The molecule has 0 heterocycles. The van der Waals surface area contributed by atoms with Crippen molar-refractivity contribution in [3.05, 3.63) is 52.7 Å². The Hall–Kier alpha value is -1.87. The molecule has 0 aromatic heterocycles. The highest BCUT2D eigenvalue weighted by Gasteiger charge is 2.06. The Kier molecular flexibility index (Phi) is 7.48. The number of nitrogens with one attached hydrogen (secondary N) is 1. The van der Waals surface area contributed by atoms with E-state index >= 15 is 0 Å². The second-order valence-corrected chi connectivity index (χ2v) is 4.82. The number of allylic oxidation sites excluding steroid dienone is 3. The average molecular weight is 304 g/mol. The molecule has 21 heavy (non-hydrogen) atoms. The number of benzene rings is 1. The largest absolute Gasteiger partial charge is 0.344 e. The van der Waals surface area contributed by atoms with Gasteiger partial charge in [-0.15, -0.1) is 0 Å². The summed E-state index contributed by atoms with van der Waals surface area (Å²) in [5, 5.41) is 3.88.